The normalized spacial score (nSPS) is 12.2. The molecule has 0 aliphatic rings. The molecule has 1 unspecified atom stereocenters. The fourth-order valence-corrected chi connectivity index (χ4v) is 2.06. The highest BCUT2D eigenvalue weighted by Gasteiger charge is 2.08. The number of aryl methyl sites for hydroxylation is 1. The third kappa shape index (κ3) is 5.51. The molecule has 0 saturated carbocycles. The molecular formula is C14H24N4S. The third-order valence-corrected chi connectivity index (χ3v) is 3.41. The summed E-state index contributed by atoms with van der Waals surface area (Å²) in [6.07, 6.45) is 4.92. The van der Waals surface area contributed by atoms with Crippen molar-refractivity contribution >= 4 is 23.2 Å². The molecule has 1 heterocycles. The van der Waals surface area contributed by atoms with E-state index in [1.807, 2.05) is 13.0 Å². The Morgan fingerprint density at radius 3 is 2.74 bits per heavy atom. The van der Waals surface area contributed by atoms with E-state index in [9.17, 15) is 0 Å². The number of aromatic nitrogens is 2. The Labute approximate surface area is 121 Å². The van der Waals surface area contributed by atoms with Crippen molar-refractivity contribution in [1.82, 2.24) is 9.97 Å². The van der Waals surface area contributed by atoms with Crippen molar-refractivity contribution < 1.29 is 0 Å². The smallest absolute Gasteiger partial charge is 0.223 e. The minimum atomic E-state index is 0.312. The number of nitrogens with zero attached hydrogens (tertiary/aromatic N) is 2. The third-order valence-electron chi connectivity index (χ3n) is 3.20. The summed E-state index contributed by atoms with van der Waals surface area (Å²) in [7, 11) is 0. The van der Waals surface area contributed by atoms with Gasteiger partial charge in [-0.25, -0.2) is 9.97 Å². The fraction of sp³-hybridized carbons (Fsp3) is 0.643. The highest BCUT2D eigenvalue weighted by Crippen LogP contribution is 2.13. The van der Waals surface area contributed by atoms with E-state index in [2.05, 4.69) is 29.1 Å². The summed E-state index contributed by atoms with van der Waals surface area (Å²) < 4.78 is 0. The Hall–Kier alpha value is -1.23. The van der Waals surface area contributed by atoms with Crippen LogP contribution in [-0.2, 0) is 0 Å². The van der Waals surface area contributed by atoms with Gasteiger partial charge in [0.15, 0.2) is 0 Å². The predicted molar refractivity (Wildman–Crippen MR) is 84.5 cm³/mol. The van der Waals surface area contributed by atoms with Crippen LogP contribution >= 0.6 is 12.2 Å². The van der Waals surface area contributed by atoms with Gasteiger partial charge < -0.3 is 11.1 Å². The van der Waals surface area contributed by atoms with E-state index >= 15 is 0 Å². The van der Waals surface area contributed by atoms with Gasteiger partial charge in [-0.3, -0.25) is 0 Å². The molecular weight excluding hydrogens is 256 g/mol. The summed E-state index contributed by atoms with van der Waals surface area (Å²) in [6, 6.07) is 1.81. The first-order valence-corrected chi connectivity index (χ1v) is 7.37. The van der Waals surface area contributed by atoms with Crippen molar-refractivity contribution in [2.24, 2.45) is 11.7 Å². The van der Waals surface area contributed by atoms with Gasteiger partial charge in [-0.15, -0.1) is 0 Å². The number of thiocarbonyl (C=S) groups is 1. The molecule has 0 aromatic carbocycles. The molecule has 0 amide bonds. The lowest BCUT2D eigenvalue weighted by Gasteiger charge is -2.15. The predicted octanol–water partition coefficient (Wildman–Crippen LogP) is 3.05. The van der Waals surface area contributed by atoms with Crippen LogP contribution < -0.4 is 11.1 Å². The second-order valence-corrected chi connectivity index (χ2v) is 5.32. The number of hydrogen-bond acceptors (Lipinski definition) is 4. The quantitative estimate of drug-likeness (QED) is 0.717. The van der Waals surface area contributed by atoms with Gasteiger partial charge in [-0.1, -0.05) is 45.3 Å². The van der Waals surface area contributed by atoms with E-state index in [0.29, 0.717) is 22.5 Å². The van der Waals surface area contributed by atoms with Gasteiger partial charge in [0.1, 0.15) is 10.7 Å². The molecule has 1 atom stereocenters. The van der Waals surface area contributed by atoms with Crippen LogP contribution in [0, 0.1) is 12.8 Å². The second-order valence-electron chi connectivity index (χ2n) is 4.88. The summed E-state index contributed by atoms with van der Waals surface area (Å²) in [5.74, 6) is 1.29. The lowest BCUT2D eigenvalue weighted by atomic mass is 9.99. The van der Waals surface area contributed by atoms with Crippen molar-refractivity contribution in [3.8, 4) is 0 Å². The van der Waals surface area contributed by atoms with E-state index < -0.39 is 0 Å². The van der Waals surface area contributed by atoms with Crippen LogP contribution in [0.4, 0.5) is 5.95 Å². The Morgan fingerprint density at radius 2 is 2.16 bits per heavy atom. The van der Waals surface area contributed by atoms with Crippen molar-refractivity contribution in [3.05, 3.63) is 17.5 Å². The average Bonchev–Trinajstić information content (AvgIpc) is 2.38. The maximum Gasteiger partial charge on any atom is 0.223 e. The number of rotatable bonds is 8. The number of anilines is 1. The lowest BCUT2D eigenvalue weighted by molar-refractivity contribution is 0.471. The van der Waals surface area contributed by atoms with Crippen LogP contribution in [0.15, 0.2) is 6.07 Å². The first-order chi connectivity index (χ1) is 9.06. The SMILES string of the molecule is CCCCC(CC)CNc1nc(C)cc(C(N)=S)n1. The maximum atomic E-state index is 5.61. The van der Waals surface area contributed by atoms with Crippen LogP contribution in [0.2, 0.25) is 0 Å². The van der Waals surface area contributed by atoms with Crippen LogP contribution in [0.25, 0.3) is 0 Å². The second kappa shape index (κ2) is 8.04. The molecule has 0 aliphatic carbocycles. The zero-order chi connectivity index (χ0) is 14.3. The van der Waals surface area contributed by atoms with Crippen LogP contribution in [0.3, 0.4) is 0 Å². The van der Waals surface area contributed by atoms with Gasteiger partial charge in [0.05, 0.1) is 0 Å². The summed E-state index contributed by atoms with van der Waals surface area (Å²) >= 11 is 4.96. The van der Waals surface area contributed by atoms with Crippen molar-refractivity contribution in [1.29, 1.82) is 0 Å². The minimum Gasteiger partial charge on any atom is -0.388 e. The first kappa shape index (κ1) is 15.8. The van der Waals surface area contributed by atoms with Gasteiger partial charge in [0.25, 0.3) is 0 Å². The summed E-state index contributed by atoms with van der Waals surface area (Å²) in [5, 5.41) is 3.30. The molecule has 19 heavy (non-hydrogen) atoms. The average molecular weight is 280 g/mol. The number of unbranched alkanes of at least 4 members (excludes halogenated alkanes) is 1. The van der Waals surface area contributed by atoms with Gasteiger partial charge in [-0.2, -0.15) is 0 Å². The molecule has 0 bridgehead atoms. The molecule has 1 rings (SSSR count). The molecule has 5 heteroatoms. The number of nitrogens with one attached hydrogen (secondary N) is 1. The van der Waals surface area contributed by atoms with Gasteiger partial charge in [-0.05, 0) is 25.3 Å². The summed E-state index contributed by atoms with van der Waals surface area (Å²) in [6.45, 7) is 7.26. The standard InChI is InChI=1S/C14H24N4S/c1-4-6-7-11(5-2)9-16-14-17-10(3)8-12(18-14)13(15)19/h8,11H,4-7,9H2,1-3H3,(H2,15,19)(H,16,17,18). The molecule has 1 aromatic heterocycles. The van der Waals surface area contributed by atoms with Crippen LogP contribution in [0.5, 0.6) is 0 Å². The van der Waals surface area contributed by atoms with Crippen LogP contribution in [-0.4, -0.2) is 21.5 Å². The molecule has 1 aromatic rings. The first-order valence-electron chi connectivity index (χ1n) is 6.96. The highest BCUT2D eigenvalue weighted by molar-refractivity contribution is 7.80. The zero-order valence-corrected chi connectivity index (χ0v) is 12.9. The van der Waals surface area contributed by atoms with Crippen molar-refractivity contribution in [2.45, 2.75) is 46.5 Å². The molecule has 0 aliphatic heterocycles. The largest absolute Gasteiger partial charge is 0.388 e. The molecule has 0 fully saturated rings. The summed E-state index contributed by atoms with van der Waals surface area (Å²) in [5.41, 5.74) is 7.12. The Bertz CT molecular complexity index is 420. The summed E-state index contributed by atoms with van der Waals surface area (Å²) in [4.78, 5) is 9.01. The van der Waals surface area contributed by atoms with Crippen LogP contribution in [0.1, 0.15) is 50.9 Å². The highest BCUT2D eigenvalue weighted by atomic mass is 32.1. The van der Waals surface area contributed by atoms with Gasteiger partial charge in [0, 0.05) is 12.2 Å². The Morgan fingerprint density at radius 1 is 1.42 bits per heavy atom. The Balaban J connectivity index is 2.63. The maximum absolute atomic E-state index is 5.61. The number of hydrogen-bond donors (Lipinski definition) is 2. The molecule has 4 nitrogen and oxygen atoms in total. The molecule has 0 spiro atoms. The monoisotopic (exact) mass is 280 g/mol. The van der Waals surface area contributed by atoms with Crippen molar-refractivity contribution in [3.63, 3.8) is 0 Å². The van der Waals surface area contributed by atoms with Gasteiger partial charge in [0.2, 0.25) is 5.95 Å². The van der Waals surface area contributed by atoms with E-state index in [1.165, 1.54) is 25.7 Å². The molecule has 0 saturated heterocycles. The van der Waals surface area contributed by atoms with E-state index in [4.69, 9.17) is 18.0 Å². The van der Waals surface area contributed by atoms with E-state index in [-0.39, 0.29) is 0 Å². The van der Waals surface area contributed by atoms with Crippen molar-refractivity contribution in [2.75, 3.05) is 11.9 Å². The van der Waals surface area contributed by atoms with Gasteiger partial charge >= 0.3 is 0 Å². The number of nitrogens with two attached hydrogens (primary N) is 1. The minimum absolute atomic E-state index is 0.312. The van der Waals surface area contributed by atoms with E-state index in [1.54, 1.807) is 0 Å². The van der Waals surface area contributed by atoms with E-state index in [0.717, 1.165) is 12.2 Å². The lowest BCUT2D eigenvalue weighted by Crippen LogP contribution is -2.18. The molecule has 0 radical (unpaired) electrons. The zero-order valence-electron chi connectivity index (χ0n) is 12.1. The molecule has 106 valence electrons. The topological polar surface area (TPSA) is 63.8 Å². The molecule has 3 N–H and O–H groups in total. The fourth-order valence-electron chi connectivity index (χ4n) is 1.95. The Kier molecular flexibility index (Phi) is 6.70.